The molecule has 2 N–H and O–H groups in total. The molecule has 2 saturated carbocycles. The molecule has 2 atom stereocenters. The number of nitrogens with one attached hydrogen (secondary N) is 2. The van der Waals surface area contributed by atoms with E-state index in [4.69, 9.17) is 11.6 Å². The lowest BCUT2D eigenvalue weighted by atomic mass is 9.79. The fraction of sp³-hybridized carbons (Fsp3) is 0.482. The monoisotopic (exact) mass is 941 g/mol. The molecule has 0 radical (unpaired) electrons. The lowest BCUT2D eigenvalue weighted by molar-refractivity contribution is -0.147. The standard InChI is InChI=1S/C56H69ClN6O5/c1-35(2)42-22-18-23-43(36(3)4)46(42)58-50(64)48(60-34-61(40-20-12-9-13-21-40)55(52(60)66)30-14-10-15-31-55)49(51(65)59-47-44(37(5)6)24-19-25-45(47)38(7)8)62-53(67)56(32-16-11-17-33-56)63(54(62)68)41-28-26-39(57)27-29-41/h9,12-13,18-29,35-38,48-49H,10-11,14-17,30-34H2,1-8H3,(H,58,64)(H,59,65). The van der Waals surface area contributed by atoms with Crippen molar-refractivity contribution in [3.8, 4) is 0 Å². The predicted octanol–water partition coefficient (Wildman–Crippen LogP) is 12.3. The van der Waals surface area contributed by atoms with Gasteiger partial charge in [0.15, 0.2) is 0 Å². The van der Waals surface area contributed by atoms with Crippen LogP contribution in [-0.4, -0.2) is 69.3 Å². The van der Waals surface area contributed by atoms with Crippen LogP contribution in [0.15, 0.2) is 91.0 Å². The quantitative estimate of drug-likeness (QED) is 0.129. The molecule has 2 aliphatic carbocycles. The van der Waals surface area contributed by atoms with E-state index >= 15 is 24.0 Å². The fourth-order valence-electron chi connectivity index (χ4n) is 11.6. The predicted molar refractivity (Wildman–Crippen MR) is 273 cm³/mol. The van der Waals surface area contributed by atoms with E-state index < -0.39 is 46.9 Å². The van der Waals surface area contributed by atoms with Gasteiger partial charge in [0.05, 0.1) is 6.67 Å². The van der Waals surface area contributed by atoms with E-state index in [0.717, 1.165) is 58.5 Å². The Kier molecular flexibility index (Phi) is 14.2. The summed E-state index contributed by atoms with van der Waals surface area (Å²) in [5, 5.41) is 7.05. The Morgan fingerprint density at radius 2 is 0.956 bits per heavy atom. The van der Waals surface area contributed by atoms with Crippen molar-refractivity contribution in [1.82, 2.24) is 9.80 Å². The van der Waals surface area contributed by atoms with Gasteiger partial charge in [-0.15, -0.1) is 0 Å². The van der Waals surface area contributed by atoms with Crippen molar-refractivity contribution in [3.05, 3.63) is 118 Å². The summed E-state index contributed by atoms with van der Waals surface area (Å²) in [5.41, 5.74) is 3.61. The first-order valence-corrected chi connectivity index (χ1v) is 25.3. The Morgan fingerprint density at radius 3 is 1.41 bits per heavy atom. The van der Waals surface area contributed by atoms with E-state index in [1.807, 2.05) is 66.7 Å². The van der Waals surface area contributed by atoms with Crippen LogP contribution in [0.5, 0.6) is 0 Å². The van der Waals surface area contributed by atoms with Crippen molar-refractivity contribution in [3.63, 3.8) is 0 Å². The minimum Gasteiger partial charge on any atom is -0.339 e. The van der Waals surface area contributed by atoms with E-state index in [0.29, 0.717) is 60.6 Å². The zero-order chi connectivity index (χ0) is 48.7. The number of halogens is 1. The second-order valence-corrected chi connectivity index (χ2v) is 21.2. The van der Waals surface area contributed by atoms with E-state index in [9.17, 15) is 0 Å². The van der Waals surface area contributed by atoms with Crippen LogP contribution in [0.25, 0.3) is 0 Å². The molecule has 2 saturated heterocycles. The summed E-state index contributed by atoms with van der Waals surface area (Å²) in [5.74, 6) is -2.28. The van der Waals surface area contributed by atoms with Crippen molar-refractivity contribution >= 4 is 64.0 Å². The minimum atomic E-state index is -1.81. The van der Waals surface area contributed by atoms with E-state index in [-0.39, 0.29) is 36.2 Å². The summed E-state index contributed by atoms with van der Waals surface area (Å²) in [6, 6.07) is 24.3. The second kappa shape index (κ2) is 19.7. The number of benzene rings is 4. The van der Waals surface area contributed by atoms with Gasteiger partial charge in [0.25, 0.3) is 11.8 Å². The van der Waals surface area contributed by atoms with E-state index in [1.54, 1.807) is 24.3 Å². The minimum absolute atomic E-state index is 0.00290. The van der Waals surface area contributed by atoms with Gasteiger partial charge in [-0.25, -0.2) is 9.69 Å². The maximum Gasteiger partial charge on any atom is 0.333 e. The molecule has 2 unspecified atom stereocenters. The first kappa shape index (κ1) is 48.8. The Balaban J connectivity index is 1.39. The highest BCUT2D eigenvalue weighted by Gasteiger charge is 2.65. The molecular weight excluding hydrogens is 872 g/mol. The summed E-state index contributed by atoms with van der Waals surface area (Å²) in [7, 11) is 0. The summed E-state index contributed by atoms with van der Waals surface area (Å²) in [4.78, 5) is 86.3. The van der Waals surface area contributed by atoms with Gasteiger partial charge >= 0.3 is 6.03 Å². The molecule has 2 spiro atoms. The molecule has 2 heterocycles. The average molecular weight is 942 g/mol. The van der Waals surface area contributed by atoms with Gasteiger partial charge in [-0.1, -0.05) is 160 Å². The van der Waals surface area contributed by atoms with Crippen LogP contribution in [0.2, 0.25) is 5.02 Å². The number of amides is 6. The highest BCUT2D eigenvalue weighted by molar-refractivity contribution is 6.30. The number of carbonyl (C=O) groups is 5. The molecule has 4 aliphatic rings. The molecule has 4 aromatic carbocycles. The largest absolute Gasteiger partial charge is 0.339 e. The first-order valence-electron chi connectivity index (χ1n) is 25.0. The van der Waals surface area contributed by atoms with Crippen LogP contribution in [0.1, 0.15) is 166 Å². The molecule has 6 amide bonds. The van der Waals surface area contributed by atoms with Gasteiger partial charge in [-0.2, -0.15) is 0 Å². The third-order valence-corrected chi connectivity index (χ3v) is 15.4. The molecule has 360 valence electrons. The maximum absolute atomic E-state index is 16.2. The van der Waals surface area contributed by atoms with E-state index in [1.165, 1.54) is 9.80 Å². The van der Waals surface area contributed by atoms with Gasteiger partial charge in [0, 0.05) is 27.8 Å². The molecular formula is C56H69ClN6O5. The molecule has 0 bridgehead atoms. The Hall–Kier alpha value is -5.68. The van der Waals surface area contributed by atoms with Gasteiger partial charge in [-0.3, -0.25) is 24.1 Å². The van der Waals surface area contributed by atoms with Crippen LogP contribution in [0.4, 0.5) is 27.5 Å². The summed E-state index contributed by atoms with van der Waals surface area (Å²) < 4.78 is 0. The third kappa shape index (κ3) is 8.69. The number of carbonyl (C=O) groups excluding carboxylic acids is 5. The highest BCUT2D eigenvalue weighted by atomic mass is 35.5. The molecule has 12 heteroatoms. The number of hydrogen-bond acceptors (Lipinski definition) is 6. The molecule has 68 heavy (non-hydrogen) atoms. The van der Waals surface area contributed by atoms with Gasteiger partial charge in [-0.05, 0) is 108 Å². The van der Waals surface area contributed by atoms with E-state index in [2.05, 4.69) is 70.9 Å². The second-order valence-electron chi connectivity index (χ2n) is 20.7. The molecule has 4 aromatic rings. The van der Waals surface area contributed by atoms with Crippen LogP contribution in [0.3, 0.4) is 0 Å². The molecule has 2 aliphatic heterocycles. The highest BCUT2D eigenvalue weighted by Crippen LogP contribution is 2.48. The molecule has 11 nitrogen and oxygen atoms in total. The summed E-state index contributed by atoms with van der Waals surface area (Å²) in [6.45, 7) is 16.4. The fourth-order valence-corrected chi connectivity index (χ4v) is 11.7. The lowest BCUT2D eigenvalue weighted by Crippen LogP contribution is -2.64. The Labute approximate surface area is 408 Å². The van der Waals surface area contributed by atoms with Gasteiger partial charge < -0.3 is 20.4 Å². The van der Waals surface area contributed by atoms with Gasteiger partial charge in [0.1, 0.15) is 23.2 Å². The number of para-hydroxylation sites is 3. The van der Waals surface area contributed by atoms with Crippen LogP contribution in [0, 0.1) is 0 Å². The maximum atomic E-state index is 16.2. The number of imide groups is 1. The molecule has 4 fully saturated rings. The van der Waals surface area contributed by atoms with Crippen molar-refractivity contribution in [2.45, 2.75) is 166 Å². The zero-order valence-corrected chi connectivity index (χ0v) is 41.9. The van der Waals surface area contributed by atoms with Crippen LogP contribution in [-0.2, 0) is 19.2 Å². The first-order chi connectivity index (χ1) is 32.5. The van der Waals surface area contributed by atoms with Crippen molar-refractivity contribution in [2.24, 2.45) is 0 Å². The molecule has 0 aromatic heterocycles. The van der Waals surface area contributed by atoms with Gasteiger partial charge in [0.2, 0.25) is 11.8 Å². The zero-order valence-electron chi connectivity index (χ0n) is 41.1. The SMILES string of the molecule is CC(C)c1cccc(C(C)C)c1NC(=O)C(C(C(=O)Nc1c(C(C)C)cccc1C(C)C)N1C(=O)N(c2ccc(Cl)cc2)C2(CCCCC2)C1=O)N1CN(c2ccccc2)C2(CCCCC2)C1=O. The average Bonchev–Trinajstić information content (AvgIpc) is 3.69. The number of hydrogen-bond donors (Lipinski definition) is 2. The number of nitrogens with zero attached hydrogens (tertiary/aromatic N) is 4. The lowest BCUT2D eigenvalue weighted by Gasteiger charge is -2.40. The molecule has 8 rings (SSSR count). The smallest absolute Gasteiger partial charge is 0.333 e. The third-order valence-electron chi connectivity index (χ3n) is 15.1. The van der Waals surface area contributed by atoms with Crippen molar-refractivity contribution in [2.75, 3.05) is 27.1 Å². The van der Waals surface area contributed by atoms with Crippen LogP contribution >= 0.6 is 11.6 Å². The summed E-state index contributed by atoms with van der Waals surface area (Å²) in [6.07, 6.45) is 6.62. The van der Waals surface area contributed by atoms with Crippen molar-refractivity contribution in [1.29, 1.82) is 0 Å². The Bertz CT molecular complexity index is 2480. The van der Waals surface area contributed by atoms with Crippen LogP contribution < -0.4 is 20.4 Å². The summed E-state index contributed by atoms with van der Waals surface area (Å²) >= 11 is 6.42. The normalized spacial score (nSPS) is 19.0. The number of rotatable bonds is 13. The topological polar surface area (TPSA) is 122 Å². The number of urea groups is 1. The Morgan fingerprint density at radius 1 is 0.515 bits per heavy atom. The number of anilines is 4. The van der Waals surface area contributed by atoms with Crippen molar-refractivity contribution < 1.29 is 24.0 Å².